The van der Waals surface area contributed by atoms with Gasteiger partial charge in [-0.15, -0.1) is 0 Å². The first kappa shape index (κ1) is 9.68. The molecule has 1 fully saturated rings. The number of nitrogens with two attached hydrogens (primary N) is 1. The lowest BCUT2D eigenvalue weighted by Gasteiger charge is -2.13. The van der Waals surface area contributed by atoms with Crippen molar-refractivity contribution in [1.29, 1.82) is 0 Å². The van der Waals surface area contributed by atoms with Gasteiger partial charge in [-0.25, -0.2) is 0 Å². The molecule has 0 amide bonds. The highest BCUT2D eigenvalue weighted by atomic mass is 16.5. The van der Waals surface area contributed by atoms with Crippen LogP contribution < -0.4 is 5.73 Å². The Labute approximate surface area is 73.3 Å². The number of methoxy groups -OCH3 is 1. The van der Waals surface area contributed by atoms with E-state index in [1.807, 2.05) is 0 Å². The maximum atomic E-state index is 11.5. The molecule has 1 aliphatic carbocycles. The van der Waals surface area contributed by atoms with Gasteiger partial charge in [0.15, 0.2) is 5.78 Å². The SMILES string of the molecule is COCC(N)C(=O)C1CCCC1. The number of Topliss-reactive ketones (excluding diaryl/α,β-unsaturated/α-hetero) is 1. The van der Waals surface area contributed by atoms with Crippen molar-refractivity contribution in [3.05, 3.63) is 0 Å². The number of rotatable bonds is 4. The van der Waals surface area contributed by atoms with Crippen molar-refractivity contribution in [1.82, 2.24) is 0 Å². The predicted molar refractivity (Wildman–Crippen MR) is 46.8 cm³/mol. The lowest BCUT2D eigenvalue weighted by Crippen LogP contribution is -2.38. The molecule has 0 radical (unpaired) electrons. The van der Waals surface area contributed by atoms with Gasteiger partial charge in [0.25, 0.3) is 0 Å². The van der Waals surface area contributed by atoms with Crippen molar-refractivity contribution in [2.75, 3.05) is 13.7 Å². The Kier molecular flexibility index (Phi) is 3.69. The van der Waals surface area contributed by atoms with Crippen LogP contribution in [0.4, 0.5) is 0 Å². The molecule has 1 unspecified atom stereocenters. The first-order chi connectivity index (χ1) is 5.75. The van der Waals surface area contributed by atoms with Crippen molar-refractivity contribution in [3.63, 3.8) is 0 Å². The van der Waals surface area contributed by atoms with E-state index in [9.17, 15) is 4.79 Å². The van der Waals surface area contributed by atoms with Crippen LogP contribution in [0.5, 0.6) is 0 Å². The highest BCUT2D eigenvalue weighted by Gasteiger charge is 2.26. The third kappa shape index (κ3) is 2.29. The van der Waals surface area contributed by atoms with Gasteiger partial charge < -0.3 is 10.5 Å². The van der Waals surface area contributed by atoms with E-state index in [4.69, 9.17) is 10.5 Å². The average molecular weight is 171 g/mol. The molecule has 0 saturated heterocycles. The Balaban J connectivity index is 2.34. The molecule has 1 atom stereocenters. The van der Waals surface area contributed by atoms with E-state index in [1.165, 1.54) is 12.8 Å². The Morgan fingerprint density at radius 3 is 2.67 bits per heavy atom. The monoisotopic (exact) mass is 171 g/mol. The Morgan fingerprint density at radius 1 is 1.58 bits per heavy atom. The predicted octanol–water partition coefficient (Wildman–Crippen LogP) is 0.719. The molecule has 3 heteroatoms. The first-order valence-electron chi connectivity index (χ1n) is 4.54. The zero-order valence-corrected chi connectivity index (χ0v) is 7.58. The van der Waals surface area contributed by atoms with Gasteiger partial charge in [0.1, 0.15) is 0 Å². The van der Waals surface area contributed by atoms with Crippen molar-refractivity contribution >= 4 is 5.78 Å². The van der Waals surface area contributed by atoms with Gasteiger partial charge in [0.2, 0.25) is 0 Å². The van der Waals surface area contributed by atoms with Crippen molar-refractivity contribution in [3.8, 4) is 0 Å². The quantitative estimate of drug-likeness (QED) is 0.678. The maximum absolute atomic E-state index is 11.5. The normalized spacial score (nSPS) is 21.2. The first-order valence-corrected chi connectivity index (χ1v) is 4.54. The van der Waals surface area contributed by atoms with Crippen LogP contribution in [0.2, 0.25) is 0 Å². The molecular weight excluding hydrogens is 154 g/mol. The van der Waals surface area contributed by atoms with Crippen LogP contribution in [0.1, 0.15) is 25.7 Å². The van der Waals surface area contributed by atoms with Crippen LogP contribution in [0.3, 0.4) is 0 Å². The topological polar surface area (TPSA) is 52.3 Å². The number of ether oxygens (including phenoxy) is 1. The molecule has 0 bridgehead atoms. The third-order valence-electron chi connectivity index (χ3n) is 2.47. The van der Waals surface area contributed by atoms with Gasteiger partial charge in [-0.1, -0.05) is 12.8 Å². The van der Waals surface area contributed by atoms with Gasteiger partial charge >= 0.3 is 0 Å². The van der Waals surface area contributed by atoms with E-state index in [-0.39, 0.29) is 11.7 Å². The lowest BCUT2D eigenvalue weighted by molar-refractivity contribution is -0.125. The minimum absolute atomic E-state index is 0.189. The minimum atomic E-state index is -0.405. The molecule has 1 rings (SSSR count). The minimum Gasteiger partial charge on any atom is -0.383 e. The summed E-state index contributed by atoms with van der Waals surface area (Å²) in [6.45, 7) is 0.356. The van der Waals surface area contributed by atoms with Gasteiger partial charge in [-0.3, -0.25) is 4.79 Å². The van der Waals surface area contributed by atoms with E-state index >= 15 is 0 Å². The molecule has 0 spiro atoms. The largest absolute Gasteiger partial charge is 0.383 e. The summed E-state index contributed by atoms with van der Waals surface area (Å²) in [4.78, 5) is 11.5. The molecule has 1 aliphatic rings. The second kappa shape index (κ2) is 4.58. The summed E-state index contributed by atoms with van der Waals surface area (Å²) in [5.41, 5.74) is 5.63. The molecular formula is C9H17NO2. The Hall–Kier alpha value is -0.410. The number of carbonyl (C=O) groups is 1. The molecule has 2 N–H and O–H groups in total. The van der Waals surface area contributed by atoms with E-state index in [1.54, 1.807) is 7.11 Å². The fraction of sp³-hybridized carbons (Fsp3) is 0.889. The summed E-state index contributed by atoms with van der Waals surface area (Å²) in [7, 11) is 1.57. The summed E-state index contributed by atoms with van der Waals surface area (Å²) in [6, 6.07) is -0.405. The van der Waals surface area contributed by atoms with E-state index in [0.29, 0.717) is 6.61 Å². The van der Waals surface area contributed by atoms with Crippen LogP contribution in [-0.2, 0) is 9.53 Å². The summed E-state index contributed by atoms with van der Waals surface area (Å²) < 4.78 is 4.84. The van der Waals surface area contributed by atoms with Crippen molar-refractivity contribution < 1.29 is 9.53 Å². The average Bonchev–Trinajstić information content (AvgIpc) is 2.55. The van der Waals surface area contributed by atoms with Crippen molar-refractivity contribution in [2.24, 2.45) is 11.7 Å². The summed E-state index contributed by atoms with van der Waals surface area (Å²) >= 11 is 0. The van der Waals surface area contributed by atoms with Crippen LogP contribution in [0.15, 0.2) is 0 Å². The van der Waals surface area contributed by atoms with E-state index < -0.39 is 6.04 Å². The molecule has 3 nitrogen and oxygen atoms in total. The smallest absolute Gasteiger partial charge is 0.154 e. The Bertz CT molecular complexity index is 153. The molecule has 0 aromatic carbocycles. The highest BCUT2D eigenvalue weighted by molar-refractivity contribution is 5.86. The lowest BCUT2D eigenvalue weighted by atomic mass is 9.97. The number of carbonyl (C=O) groups excluding carboxylic acids is 1. The second-order valence-corrected chi connectivity index (χ2v) is 3.45. The van der Waals surface area contributed by atoms with Crippen LogP contribution in [0, 0.1) is 5.92 Å². The molecule has 0 heterocycles. The highest BCUT2D eigenvalue weighted by Crippen LogP contribution is 2.25. The molecule has 0 aromatic heterocycles. The molecule has 0 aromatic rings. The van der Waals surface area contributed by atoms with Gasteiger partial charge in [0, 0.05) is 13.0 Å². The standard InChI is InChI=1S/C9H17NO2/c1-12-6-8(10)9(11)7-4-2-3-5-7/h7-8H,2-6,10H2,1H3. The molecule has 12 heavy (non-hydrogen) atoms. The van der Waals surface area contributed by atoms with E-state index in [2.05, 4.69) is 0 Å². The zero-order chi connectivity index (χ0) is 8.97. The maximum Gasteiger partial charge on any atom is 0.154 e. The molecule has 70 valence electrons. The van der Waals surface area contributed by atoms with Gasteiger partial charge in [-0.05, 0) is 12.8 Å². The fourth-order valence-corrected chi connectivity index (χ4v) is 1.77. The molecule has 1 saturated carbocycles. The summed E-state index contributed by atoms with van der Waals surface area (Å²) in [5.74, 6) is 0.407. The van der Waals surface area contributed by atoms with Crippen LogP contribution >= 0.6 is 0 Å². The third-order valence-corrected chi connectivity index (χ3v) is 2.47. The number of hydrogen-bond acceptors (Lipinski definition) is 3. The van der Waals surface area contributed by atoms with Gasteiger partial charge in [-0.2, -0.15) is 0 Å². The summed E-state index contributed by atoms with van der Waals surface area (Å²) in [5, 5.41) is 0. The van der Waals surface area contributed by atoms with Crippen LogP contribution in [-0.4, -0.2) is 25.5 Å². The number of hydrogen-bond donors (Lipinski definition) is 1. The van der Waals surface area contributed by atoms with Gasteiger partial charge in [0.05, 0.1) is 12.6 Å². The second-order valence-electron chi connectivity index (χ2n) is 3.45. The Morgan fingerprint density at radius 2 is 2.17 bits per heavy atom. The van der Waals surface area contributed by atoms with Crippen LogP contribution in [0.25, 0.3) is 0 Å². The van der Waals surface area contributed by atoms with Crippen molar-refractivity contribution in [2.45, 2.75) is 31.7 Å². The number of ketones is 1. The fourth-order valence-electron chi connectivity index (χ4n) is 1.77. The van der Waals surface area contributed by atoms with E-state index in [0.717, 1.165) is 12.8 Å². The zero-order valence-electron chi connectivity index (χ0n) is 7.58. The summed E-state index contributed by atoms with van der Waals surface area (Å²) in [6.07, 6.45) is 4.40. The molecule has 0 aliphatic heterocycles.